The van der Waals surface area contributed by atoms with Gasteiger partial charge in [-0.05, 0) is 23.4 Å². The fourth-order valence-electron chi connectivity index (χ4n) is 0.153. The van der Waals surface area contributed by atoms with Crippen molar-refractivity contribution in [3.8, 4) is 0 Å². The van der Waals surface area contributed by atoms with E-state index in [4.69, 9.17) is 5.26 Å². The molecule has 0 fully saturated rings. The second-order valence-electron chi connectivity index (χ2n) is 1.46. The first-order valence-corrected chi connectivity index (χ1v) is 2.44. The van der Waals surface area contributed by atoms with Gasteiger partial charge in [0.2, 0.25) is 0 Å². The molecule has 0 bridgehead atoms. The highest BCUT2D eigenvalue weighted by Gasteiger charge is 1.97. The van der Waals surface area contributed by atoms with Crippen LogP contribution in [-0.4, -0.2) is 11.4 Å². The summed E-state index contributed by atoms with van der Waals surface area (Å²) in [7, 11) is 0. The molecule has 1 atom stereocenters. The van der Waals surface area contributed by atoms with E-state index in [1.807, 2.05) is 6.92 Å². The van der Waals surface area contributed by atoms with E-state index in [-0.39, 0.29) is 6.10 Å². The third kappa shape index (κ3) is 4.01. The minimum Gasteiger partial charge on any atom is -0.219 e. The molecule has 0 aliphatic rings. The molecule has 1 N–H and O–H groups in total. The van der Waals surface area contributed by atoms with Gasteiger partial charge < -0.3 is 0 Å². The summed E-state index contributed by atoms with van der Waals surface area (Å²) in [6.07, 6.45) is 0.755. The van der Waals surface area contributed by atoms with Gasteiger partial charge in [-0.3, -0.25) is 0 Å². The van der Waals surface area contributed by atoms with Gasteiger partial charge in [-0.25, -0.2) is 10.1 Å². The lowest BCUT2D eigenvalue weighted by atomic mass is 10.3. The highest BCUT2D eigenvalue weighted by molar-refractivity contribution is 4.37. The van der Waals surface area contributed by atoms with Crippen molar-refractivity contribution in [2.45, 2.75) is 26.4 Å². The van der Waals surface area contributed by atoms with Gasteiger partial charge in [-0.1, -0.05) is 6.92 Å². The molecule has 4 heteroatoms. The van der Waals surface area contributed by atoms with Crippen LogP contribution in [0.5, 0.6) is 0 Å². The van der Waals surface area contributed by atoms with Crippen LogP contribution in [0.15, 0.2) is 0 Å². The molecule has 1 unspecified atom stereocenters. The summed E-state index contributed by atoms with van der Waals surface area (Å²) in [4.78, 5) is 4.37. The molecular weight excluding hydrogens is 112 g/mol. The zero-order chi connectivity index (χ0) is 6.41. The topological polar surface area (TPSA) is 47.9 Å². The Bertz CT molecular complexity index is 47.3. The molecule has 0 heterocycles. The molecule has 0 amide bonds. The SMILES string of the molecule is CCC(C)OOOO. The third-order valence-corrected chi connectivity index (χ3v) is 0.809. The first kappa shape index (κ1) is 7.84. The number of hydrogen-bond acceptors (Lipinski definition) is 4. The van der Waals surface area contributed by atoms with Crippen molar-refractivity contribution in [3.05, 3.63) is 0 Å². The van der Waals surface area contributed by atoms with Gasteiger partial charge >= 0.3 is 0 Å². The Hall–Kier alpha value is -0.160. The molecule has 0 aromatic carbocycles. The fourth-order valence-corrected chi connectivity index (χ4v) is 0.153. The Morgan fingerprint density at radius 3 is 2.62 bits per heavy atom. The van der Waals surface area contributed by atoms with Crippen molar-refractivity contribution in [3.63, 3.8) is 0 Å². The summed E-state index contributed by atoms with van der Waals surface area (Å²) < 4.78 is 0. The van der Waals surface area contributed by atoms with Crippen LogP contribution in [0.25, 0.3) is 0 Å². The molecule has 0 rings (SSSR count). The second kappa shape index (κ2) is 4.99. The average molecular weight is 122 g/mol. The minimum atomic E-state index is -0.0536. The van der Waals surface area contributed by atoms with Gasteiger partial charge in [-0.15, -0.1) is 0 Å². The summed E-state index contributed by atoms with van der Waals surface area (Å²) in [6.45, 7) is 3.71. The van der Waals surface area contributed by atoms with Crippen LogP contribution in [-0.2, 0) is 15.0 Å². The van der Waals surface area contributed by atoms with Gasteiger partial charge in [0.05, 0.1) is 6.10 Å². The average Bonchev–Trinajstić information content (AvgIpc) is 1.83. The molecule has 4 nitrogen and oxygen atoms in total. The Balaban J connectivity index is 2.86. The van der Waals surface area contributed by atoms with Gasteiger partial charge in [0.1, 0.15) is 0 Å². The van der Waals surface area contributed by atoms with Crippen molar-refractivity contribution < 1.29 is 20.2 Å². The molecule has 0 spiro atoms. The first-order valence-electron chi connectivity index (χ1n) is 2.44. The Kier molecular flexibility index (Phi) is 4.89. The lowest BCUT2D eigenvalue weighted by molar-refractivity contribution is -0.630. The summed E-state index contributed by atoms with van der Waals surface area (Å²) >= 11 is 0. The molecule has 8 heavy (non-hydrogen) atoms. The van der Waals surface area contributed by atoms with E-state index >= 15 is 0 Å². The number of hydrogen-bond donors (Lipinski definition) is 1. The molecule has 50 valence electrons. The van der Waals surface area contributed by atoms with E-state index in [0.717, 1.165) is 6.42 Å². The van der Waals surface area contributed by atoms with Crippen molar-refractivity contribution >= 4 is 0 Å². The van der Waals surface area contributed by atoms with Crippen LogP contribution in [0, 0.1) is 0 Å². The Morgan fingerprint density at radius 1 is 1.62 bits per heavy atom. The van der Waals surface area contributed by atoms with Gasteiger partial charge in [0, 0.05) is 0 Å². The quantitative estimate of drug-likeness (QED) is 0.448. The highest BCUT2D eigenvalue weighted by atomic mass is 17.6. The van der Waals surface area contributed by atoms with E-state index in [2.05, 4.69) is 15.0 Å². The van der Waals surface area contributed by atoms with E-state index in [1.165, 1.54) is 0 Å². The smallest absolute Gasteiger partial charge is 0.0931 e. The monoisotopic (exact) mass is 122 g/mol. The standard InChI is InChI=1S/C4H10O4/c1-3-4(2)6-8-7-5/h4-5H,3H2,1-2H3. The predicted molar refractivity (Wildman–Crippen MR) is 25.6 cm³/mol. The summed E-state index contributed by atoms with van der Waals surface area (Å²) in [5, 5.41) is 14.5. The largest absolute Gasteiger partial charge is 0.219 e. The van der Waals surface area contributed by atoms with Crippen LogP contribution in [0.4, 0.5) is 0 Å². The molecule has 0 aromatic rings. The van der Waals surface area contributed by atoms with Crippen LogP contribution < -0.4 is 0 Å². The van der Waals surface area contributed by atoms with Gasteiger partial charge in [-0.2, -0.15) is 0 Å². The Morgan fingerprint density at radius 2 is 2.25 bits per heavy atom. The summed E-state index contributed by atoms with van der Waals surface area (Å²) in [6, 6.07) is 0. The third-order valence-electron chi connectivity index (χ3n) is 0.809. The van der Waals surface area contributed by atoms with Gasteiger partial charge in [0.15, 0.2) is 0 Å². The maximum Gasteiger partial charge on any atom is 0.0931 e. The summed E-state index contributed by atoms with van der Waals surface area (Å²) in [5.41, 5.74) is 0. The van der Waals surface area contributed by atoms with E-state index in [0.29, 0.717) is 0 Å². The van der Waals surface area contributed by atoms with E-state index < -0.39 is 0 Å². The number of rotatable bonds is 4. The first-order chi connectivity index (χ1) is 3.81. The predicted octanol–water partition coefficient (Wildman–Crippen LogP) is 1.14. The molecule has 0 saturated carbocycles. The van der Waals surface area contributed by atoms with Crippen LogP contribution >= 0.6 is 0 Å². The normalized spacial score (nSPS) is 13.9. The zero-order valence-electron chi connectivity index (χ0n) is 4.96. The zero-order valence-corrected chi connectivity index (χ0v) is 4.96. The molecule has 0 aliphatic carbocycles. The minimum absolute atomic E-state index is 0.0536. The molecule has 0 aliphatic heterocycles. The van der Waals surface area contributed by atoms with Crippen LogP contribution in [0.3, 0.4) is 0 Å². The maximum atomic E-state index is 7.56. The molecule has 0 saturated heterocycles. The van der Waals surface area contributed by atoms with E-state index in [1.54, 1.807) is 6.92 Å². The Labute approximate surface area is 47.8 Å². The van der Waals surface area contributed by atoms with Crippen molar-refractivity contribution in [2.24, 2.45) is 0 Å². The lowest BCUT2D eigenvalue weighted by Gasteiger charge is -2.03. The van der Waals surface area contributed by atoms with Crippen molar-refractivity contribution in [1.29, 1.82) is 0 Å². The van der Waals surface area contributed by atoms with Crippen molar-refractivity contribution in [2.75, 3.05) is 0 Å². The van der Waals surface area contributed by atoms with Crippen LogP contribution in [0.2, 0.25) is 0 Å². The van der Waals surface area contributed by atoms with Gasteiger partial charge in [0.25, 0.3) is 0 Å². The fraction of sp³-hybridized carbons (Fsp3) is 1.00. The lowest BCUT2D eigenvalue weighted by Crippen LogP contribution is -2.06. The summed E-state index contributed by atoms with van der Waals surface area (Å²) in [5.74, 6) is 0. The molecule has 0 aromatic heterocycles. The van der Waals surface area contributed by atoms with Crippen LogP contribution in [0.1, 0.15) is 20.3 Å². The maximum absolute atomic E-state index is 7.56. The van der Waals surface area contributed by atoms with E-state index in [9.17, 15) is 0 Å². The highest BCUT2D eigenvalue weighted by Crippen LogP contribution is 1.94. The van der Waals surface area contributed by atoms with Crippen molar-refractivity contribution in [1.82, 2.24) is 0 Å². The second-order valence-corrected chi connectivity index (χ2v) is 1.46. The molecular formula is C4H10O4. The molecule has 0 radical (unpaired) electrons.